The van der Waals surface area contributed by atoms with E-state index < -0.39 is 0 Å². The minimum absolute atomic E-state index is 0.0150. The summed E-state index contributed by atoms with van der Waals surface area (Å²) in [5.74, 6) is 0.121. The van der Waals surface area contributed by atoms with Crippen LogP contribution in [0.4, 0.5) is 5.69 Å². The quantitative estimate of drug-likeness (QED) is 0.255. The highest BCUT2D eigenvalue weighted by Gasteiger charge is 2.29. The number of aromatic nitrogens is 1. The molecule has 208 valence electrons. The minimum atomic E-state index is -0.0150. The molecule has 1 fully saturated rings. The highest BCUT2D eigenvalue weighted by molar-refractivity contribution is 5.86. The third kappa shape index (κ3) is 6.74. The first kappa shape index (κ1) is 27.5. The monoisotopic (exact) mass is 536 g/mol. The standard InChI is InChI=1S/C34H40N4O2/c1-36(2)30-18-16-27(17-19-30)23-37(21-20-29-22-35-32-15-9-8-14-31(29)32)33(39)25-38(24-26-10-4-3-5-11-26)34(40)28-12-6-7-13-28/h3-5,8-11,14-19,22,28,35H,6-7,12-13,20-21,23-25H2,1-2H3. The molecule has 40 heavy (non-hydrogen) atoms. The molecule has 0 unspecified atom stereocenters. The van der Waals surface area contributed by atoms with Crippen LogP contribution in [0.5, 0.6) is 0 Å². The highest BCUT2D eigenvalue weighted by atomic mass is 16.2. The summed E-state index contributed by atoms with van der Waals surface area (Å²) in [4.78, 5) is 36.7. The van der Waals surface area contributed by atoms with Crippen LogP contribution in [-0.2, 0) is 29.1 Å². The molecule has 3 aromatic carbocycles. The van der Waals surface area contributed by atoms with Crippen molar-refractivity contribution in [1.29, 1.82) is 0 Å². The van der Waals surface area contributed by atoms with E-state index in [0.717, 1.165) is 54.4 Å². The third-order valence-corrected chi connectivity index (χ3v) is 8.06. The first-order valence-electron chi connectivity index (χ1n) is 14.4. The second-order valence-electron chi connectivity index (χ2n) is 11.1. The van der Waals surface area contributed by atoms with Crippen molar-refractivity contribution in [3.63, 3.8) is 0 Å². The predicted molar refractivity (Wildman–Crippen MR) is 162 cm³/mol. The molecule has 2 amide bonds. The maximum absolute atomic E-state index is 14.0. The summed E-state index contributed by atoms with van der Waals surface area (Å²) in [6, 6.07) is 26.6. The van der Waals surface area contributed by atoms with Crippen LogP contribution in [-0.4, -0.2) is 53.8 Å². The maximum atomic E-state index is 14.0. The van der Waals surface area contributed by atoms with Crippen LogP contribution >= 0.6 is 0 Å². The summed E-state index contributed by atoms with van der Waals surface area (Å²) in [6.45, 7) is 1.63. The average Bonchev–Trinajstić information content (AvgIpc) is 3.66. The third-order valence-electron chi connectivity index (χ3n) is 8.06. The van der Waals surface area contributed by atoms with Crippen LogP contribution in [0.3, 0.4) is 0 Å². The lowest BCUT2D eigenvalue weighted by Gasteiger charge is -2.29. The fourth-order valence-corrected chi connectivity index (χ4v) is 5.72. The number of carbonyl (C=O) groups is 2. The molecule has 1 aromatic heterocycles. The molecule has 6 nitrogen and oxygen atoms in total. The van der Waals surface area contributed by atoms with E-state index in [1.54, 1.807) is 4.90 Å². The molecule has 1 aliphatic carbocycles. The zero-order chi connectivity index (χ0) is 27.9. The van der Waals surface area contributed by atoms with Gasteiger partial charge in [-0.25, -0.2) is 0 Å². The fourth-order valence-electron chi connectivity index (χ4n) is 5.72. The number of fused-ring (bicyclic) bond motifs is 1. The molecule has 6 heteroatoms. The van der Waals surface area contributed by atoms with E-state index >= 15 is 0 Å². The summed E-state index contributed by atoms with van der Waals surface area (Å²) >= 11 is 0. The molecule has 5 rings (SSSR count). The number of nitrogens with zero attached hydrogens (tertiary/aromatic N) is 3. The fraction of sp³-hybridized carbons (Fsp3) is 0.353. The molecule has 0 spiro atoms. The van der Waals surface area contributed by atoms with Gasteiger partial charge in [0.15, 0.2) is 0 Å². The second kappa shape index (κ2) is 12.9. The number of rotatable bonds is 11. The van der Waals surface area contributed by atoms with Gasteiger partial charge in [0, 0.05) is 62.4 Å². The lowest BCUT2D eigenvalue weighted by molar-refractivity contribution is -0.143. The van der Waals surface area contributed by atoms with Crippen molar-refractivity contribution in [2.75, 3.05) is 32.1 Å². The number of anilines is 1. The van der Waals surface area contributed by atoms with Gasteiger partial charge in [0.1, 0.15) is 6.54 Å². The van der Waals surface area contributed by atoms with E-state index in [1.165, 1.54) is 10.9 Å². The van der Waals surface area contributed by atoms with Gasteiger partial charge in [-0.2, -0.15) is 0 Å². The molecule has 1 N–H and O–H groups in total. The summed E-state index contributed by atoms with van der Waals surface area (Å²) in [5, 5.41) is 1.19. The summed E-state index contributed by atoms with van der Waals surface area (Å²) in [5.41, 5.74) is 5.54. The zero-order valence-electron chi connectivity index (χ0n) is 23.7. The first-order chi connectivity index (χ1) is 19.5. The van der Waals surface area contributed by atoms with Crippen LogP contribution in [0.25, 0.3) is 10.9 Å². The topological polar surface area (TPSA) is 59.7 Å². The van der Waals surface area contributed by atoms with Crippen LogP contribution in [0.2, 0.25) is 0 Å². The number of amides is 2. The Kier molecular flexibility index (Phi) is 8.84. The van der Waals surface area contributed by atoms with Crippen LogP contribution in [0.1, 0.15) is 42.4 Å². The van der Waals surface area contributed by atoms with Crippen molar-refractivity contribution < 1.29 is 9.59 Å². The van der Waals surface area contributed by atoms with Crippen molar-refractivity contribution in [3.05, 3.63) is 102 Å². The SMILES string of the molecule is CN(C)c1ccc(CN(CCc2c[nH]c3ccccc23)C(=O)CN(Cc2ccccc2)C(=O)C2CCCC2)cc1. The number of H-pyrrole nitrogens is 1. The van der Waals surface area contributed by atoms with E-state index in [0.29, 0.717) is 19.6 Å². The number of aromatic amines is 1. The molecule has 0 saturated heterocycles. The van der Waals surface area contributed by atoms with Gasteiger partial charge in [-0.15, -0.1) is 0 Å². The van der Waals surface area contributed by atoms with Gasteiger partial charge in [-0.05, 0) is 54.2 Å². The van der Waals surface area contributed by atoms with Gasteiger partial charge in [0.05, 0.1) is 0 Å². The van der Waals surface area contributed by atoms with Crippen LogP contribution in [0, 0.1) is 5.92 Å². The maximum Gasteiger partial charge on any atom is 0.242 e. The molecule has 1 heterocycles. The average molecular weight is 537 g/mol. The van der Waals surface area contributed by atoms with E-state index in [2.05, 4.69) is 46.3 Å². The Labute approximate surface area is 237 Å². The van der Waals surface area contributed by atoms with Gasteiger partial charge < -0.3 is 19.7 Å². The summed E-state index contributed by atoms with van der Waals surface area (Å²) < 4.78 is 0. The molecule has 4 aromatic rings. The molecule has 0 radical (unpaired) electrons. The first-order valence-corrected chi connectivity index (χ1v) is 14.4. The van der Waals surface area contributed by atoms with Crippen molar-refractivity contribution in [3.8, 4) is 0 Å². The molecule has 1 aliphatic rings. The number of carbonyl (C=O) groups excluding carboxylic acids is 2. The summed E-state index contributed by atoms with van der Waals surface area (Å²) in [7, 11) is 4.05. The van der Waals surface area contributed by atoms with E-state index in [9.17, 15) is 9.59 Å². The van der Waals surface area contributed by atoms with Gasteiger partial charge in [-0.1, -0.05) is 73.5 Å². The molecule has 0 atom stereocenters. The number of hydrogen-bond donors (Lipinski definition) is 1. The number of para-hydroxylation sites is 1. The Hall–Kier alpha value is -4.06. The highest BCUT2D eigenvalue weighted by Crippen LogP contribution is 2.27. The van der Waals surface area contributed by atoms with Crippen molar-refractivity contribution in [2.24, 2.45) is 5.92 Å². The normalized spacial score (nSPS) is 13.4. The van der Waals surface area contributed by atoms with E-state index in [4.69, 9.17) is 0 Å². The number of benzene rings is 3. The molecule has 1 saturated carbocycles. The predicted octanol–water partition coefficient (Wildman–Crippen LogP) is 6.02. The summed E-state index contributed by atoms with van der Waals surface area (Å²) in [6.07, 6.45) is 6.79. The molecular formula is C34H40N4O2. The zero-order valence-corrected chi connectivity index (χ0v) is 23.7. The molecular weight excluding hydrogens is 496 g/mol. The van der Waals surface area contributed by atoms with Gasteiger partial charge in [0.25, 0.3) is 0 Å². The van der Waals surface area contributed by atoms with Gasteiger partial charge >= 0.3 is 0 Å². The number of nitrogens with one attached hydrogen (secondary N) is 1. The minimum Gasteiger partial charge on any atom is -0.378 e. The lowest BCUT2D eigenvalue weighted by atomic mass is 10.1. The van der Waals surface area contributed by atoms with Crippen molar-refractivity contribution in [1.82, 2.24) is 14.8 Å². The smallest absolute Gasteiger partial charge is 0.242 e. The van der Waals surface area contributed by atoms with E-state index in [1.807, 2.05) is 67.7 Å². The van der Waals surface area contributed by atoms with Crippen LogP contribution in [0.15, 0.2) is 85.1 Å². The number of hydrogen-bond acceptors (Lipinski definition) is 3. The van der Waals surface area contributed by atoms with Crippen LogP contribution < -0.4 is 4.90 Å². The largest absolute Gasteiger partial charge is 0.378 e. The van der Waals surface area contributed by atoms with E-state index in [-0.39, 0.29) is 24.3 Å². The van der Waals surface area contributed by atoms with Gasteiger partial charge in [-0.3, -0.25) is 9.59 Å². The van der Waals surface area contributed by atoms with Crippen molar-refractivity contribution in [2.45, 2.75) is 45.2 Å². The Bertz CT molecular complexity index is 1400. The Morgan fingerprint density at radius 3 is 2.17 bits per heavy atom. The lowest BCUT2D eigenvalue weighted by Crippen LogP contribution is -2.44. The Balaban J connectivity index is 1.36. The van der Waals surface area contributed by atoms with Crippen molar-refractivity contribution >= 4 is 28.4 Å². The second-order valence-corrected chi connectivity index (χ2v) is 11.1. The Morgan fingerprint density at radius 2 is 1.45 bits per heavy atom. The molecule has 0 aliphatic heterocycles. The Morgan fingerprint density at radius 1 is 0.800 bits per heavy atom. The molecule has 0 bridgehead atoms. The van der Waals surface area contributed by atoms with Gasteiger partial charge in [0.2, 0.25) is 11.8 Å².